The lowest BCUT2D eigenvalue weighted by atomic mass is 10.0. The number of hydrogen-bond donors (Lipinski definition) is 1. The average Bonchev–Trinajstić information content (AvgIpc) is 2.88. The van der Waals surface area contributed by atoms with E-state index in [1.54, 1.807) is 6.07 Å². The molecule has 5 nitrogen and oxygen atoms in total. The maximum Gasteiger partial charge on any atom is 0.328 e. The van der Waals surface area contributed by atoms with E-state index in [9.17, 15) is 9.59 Å². The fraction of sp³-hybridized carbons (Fsp3) is 0.412. The Bertz CT molecular complexity index is 687. The number of carbonyl (C=O) groups is 2. The summed E-state index contributed by atoms with van der Waals surface area (Å²) >= 11 is 0. The Morgan fingerprint density at radius 1 is 1.27 bits per heavy atom. The molecule has 5 heteroatoms. The smallest absolute Gasteiger partial charge is 0.328 e. The molecule has 0 spiro atoms. The number of rotatable bonds is 5. The summed E-state index contributed by atoms with van der Waals surface area (Å²) in [5.41, 5.74) is 1.74. The lowest BCUT2D eigenvalue weighted by Gasteiger charge is -2.17. The first kappa shape index (κ1) is 16.1. The van der Waals surface area contributed by atoms with Crippen LogP contribution >= 0.6 is 0 Å². The van der Waals surface area contributed by atoms with Gasteiger partial charge in [-0.2, -0.15) is 0 Å². The molecule has 2 rings (SSSR count). The number of furan rings is 1. The molecule has 1 aromatic heterocycles. The zero-order valence-corrected chi connectivity index (χ0v) is 13.3. The van der Waals surface area contributed by atoms with Crippen LogP contribution in [0.3, 0.4) is 0 Å². The third-order valence-electron chi connectivity index (χ3n) is 3.39. The van der Waals surface area contributed by atoms with Gasteiger partial charge in [0.05, 0.1) is 7.11 Å². The number of hydrogen-bond acceptors (Lipinski definition) is 4. The molecular weight excluding hydrogens is 282 g/mol. The largest absolute Gasteiger partial charge is 0.467 e. The van der Waals surface area contributed by atoms with E-state index in [4.69, 9.17) is 9.15 Å². The number of ether oxygens (including phenoxy) is 1. The number of nitrogens with one attached hydrogen (secondary N) is 1. The molecule has 0 radical (unpaired) electrons. The van der Waals surface area contributed by atoms with Gasteiger partial charge >= 0.3 is 5.97 Å². The summed E-state index contributed by atoms with van der Waals surface area (Å²) in [5.74, 6) is -0.417. The average molecular weight is 303 g/mol. The number of fused-ring (bicyclic) bond motifs is 1. The van der Waals surface area contributed by atoms with Gasteiger partial charge in [-0.25, -0.2) is 4.79 Å². The lowest BCUT2D eigenvalue weighted by Crippen LogP contribution is -2.42. The Morgan fingerprint density at radius 2 is 2.00 bits per heavy atom. The molecule has 0 saturated carbocycles. The van der Waals surface area contributed by atoms with Gasteiger partial charge in [-0.3, -0.25) is 4.79 Å². The van der Waals surface area contributed by atoms with Gasteiger partial charge in [0.15, 0.2) is 5.76 Å². The normalized spacial score (nSPS) is 12.4. The Hall–Kier alpha value is -2.30. The number of benzene rings is 1. The SMILES string of the molecule is COC(=O)C(CC(C)C)NC(=O)c1cc2cc(C)ccc2o1. The summed E-state index contributed by atoms with van der Waals surface area (Å²) in [4.78, 5) is 24.1. The van der Waals surface area contributed by atoms with Crippen molar-refractivity contribution in [3.63, 3.8) is 0 Å². The minimum atomic E-state index is -0.674. The standard InChI is InChI=1S/C17H21NO4/c1-10(2)7-13(17(20)21-4)18-16(19)15-9-12-8-11(3)5-6-14(12)22-15/h5-6,8-10,13H,7H2,1-4H3,(H,18,19). The fourth-order valence-electron chi connectivity index (χ4n) is 2.33. The molecule has 118 valence electrons. The van der Waals surface area contributed by atoms with Crippen molar-refractivity contribution < 1.29 is 18.7 Å². The summed E-state index contributed by atoms with van der Waals surface area (Å²) in [6.45, 7) is 5.93. The predicted octanol–water partition coefficient (Wildman–Crippen LogP) is 3.06. The monoisotopic (exact) mass is 303 g/mol. The second-order valence-corrected chi connectivity index (χ2v) is 5.83. The Morgan fingerprint density at radius 3 is 2.64 bits per heavy atom. The summed E-state index contributed by atoms with van der Waals surface area (Å²) < 4.78 is 10.3. The molecule has 2 aromatic rings. The van der Waals surface area contributed by atoms with E-state index < -0.39 is 17.9 Å². The molecule has 0 fully saturated rings. The Labute approximate surface area is 129 Å². The summed E-state index contributed by atoms with van der Waals surface area (Å²) in [7, 11) is 1.31. The molecule has 0 saturated heterocycles. The van der Waals surface area contributed by atoms with Crippen LogP contribution in [-0.2, 0) is 9.53 Å². The van der Waals surface area contributed by atoms with Crippen molar-refractivity contribution in [1.29, 1.82) is 0 Å². The predicted molar refractivity (Wildman–Crippen MR) is 83.7 cm³/mol. The van der Waals surface area contributed by atoms with Crippen molar-refractivity contribution in [2.45, 2.75) is 33.2 Å². The van der Waals surface area contributed by atoms with Crippen molar-refractivity contribution in [3.05, 3.63) is 35.6 Å². The first-order valence-electron chi connectivity index (χ1n) is 7.29. The maximum atomic E-state index is 12.3. The molecule has 1 aromatic carbocycles. The summed E-state index contributed by atoms with van der Waals surface area (Å²) in [6, 6.07) is 6.70. The number of carbonyl (C=O) groups excluding carboxylic acids is 2. The van der Waals surface area contributed by atoms with Gasteiger partial charge in [0.1, 0.15) is 11.6 Å². The fourth-order valence-corrected chi connectivity index (χ4v) is 2.33. The van der Waals surface area contributed by atoms with Gasteiger partial charge in [0, 0.05) is 5.39 Å². The van der Waals surface area contributed by atoms with Crippen molar-refractivity contribution in [2.75, 3.05) is 7.11 Å². The van der Waals surface area contributed by atoms with Gasteiger partial charge in [-0.05, 0) is 37.5 Å². The molecule has 1 atom stereocenters. The van der Waals surface area contributed by atoms with E-state index in [0.29, 0.717) is 12.0 Å². The van der Waals surface area contributed by atoms with Crippen LogP contribution in [0.2, 0.25) is 0 Å². The first-order chi connectivity index (χ1) is 10.4. The van der Waals surface area contributed by atoms with Gasteiger partial charge < -0.3 is 14.5 Å². The molecule has 0 aliphatic carbocycles. The van der Waals surface area contributed by atoms with Gasteiger partial charge in [-0.15, -0.1) is 0 Å². The highest BCUT2D eigenvalue weighted by Crippen LogP contribution is 2.21. The minimum Gasteiger partial charge on any atom is -0.467 e. The van der Waals surface area contributed by atoms with Crippen LogP contribution in [0.25, 0.3) is 11.0 Å². The summed E-state index contributed by atoms with van der Waals surface area (Å²) in [6.07, 6.45) is 0.512. The van der Waals surface area contributed by atoms with Crippen LogP contribution in [0.1, 0.15) is 36.4 Å². The highest BCUT2D eigenvalue weighted by molar-refractivity contribution is 5.98. The van der Waals surface area contributed by atoms with E-state index in [-0.39, 0.29) is 11.7 Å². The molecule has 0 bridgehead atoms. The van der Waals surface area contributed by atoms with Crippen LogP contribution in [0.15, 0.2) is 28.7 Å². The van der Waals surface area contributed by atoms with Gasteiger partial charge in [0.2, 0.25) is 0 Å². The minimum absolute atomic E-state index is 0.193. The molecular formula is C17H21NO4. The zero-order valence-electron chi connectivity index (χ0n) is 13.3. The van der Waals surface area contributed by atoms with Crippen LogP contribution in [0.5, 0.6) is 0 Å². The third kappa shape index (κ3) is 3.67. The van der Waals surface area contributed by atoms with Crippen molar-refractivity contribution >= 4 is 22.8 Å². The van der Waals surface area contributed by atoms with Crippen LogP contribution in [0.4, 0.5) is 0 Å². The number of methoxy groups -OCH3 is 1. The topological polar surface area (TPSA) is 68.5 Å². The van der Waals surface area contributed by atoms with E-state index >= 15 is 0 Å². The Kier molecular flexibility index (Phi) is 4.85. The molecule has 1 unspecified atom stereocenters. The van der Waals surface area contributed by atoms with Crippen molar-refractivity contribution in [3.8, 4) is 0 Å². The maximum absolute atomic E-state index is 12.3. The van der Waals surface area contributed by atoms with Gasteiger partial charge in [-0.1, -0.05) is 25.5 Å². The lowest BCUT2D eigenvalue weighted by molar-refractivity contribution is -0.143. The van der Waals surface area contributed by atoms with E-state index in [1.165, 1.54) is 7.11 Å². The zero-order chi connectivity index (χ0) is 16.3. The van der Waals surface area contributed by atoms with Crippen LogP contribution in [-0.4, -0.2) is 25.0 Å². The number of amides is 1. The van der Waals surface area contributed by atoms with Crippen LogP contribution in [0, 0.1) is 12.8 Å². The number of aryl methyl sites for hydroxylation is 1. The second-order valence-electron chi connectivity index (χ2n) is 5.83. The molecule has 22 heavy (non-hydrogen) atoms. The van der Waals surface area contributed by atoms with E-state index in [1.807, 2.05) is 39.0 Å². The van der Waals surface area contributed by atoms with E-state index in [0.717, 1.165) is 10.9 Å². The quantitative estimate of drug-likeness (QED) is 0.862. The van der Waals surface area contributed by atoms with E-state index in [2.05, 4.69) is 5.32 Å². The highest BCUT2D eigenvalue weighted by Gasteiger charge is 2.24. The third-order valence-corrected chi connectivity index (χ3v) is 3.39. The highest BCUT2D eigenvalue weighted by atomic mass is 16.5. The second kappa shape index (κ2) is 6.64. The van der Waals surface area contributed by atoms with Gasteiger partial charge in [0.25, 0.3) is 5.91 Å². The molecule has 1 amide bonds. The Balaban J connectivity index is 2.19. The van der Waals surface area contributed by atoms with Crippen molar-refractivity contribution in [2.24, 2.45) is 5.92 Å². The first-order valence-corrected chi connectivity index (χ1v) is 7.29. The molecule has 0 aliphatic rings. The molecule has 1 N–H and O–H groups in total. The summed E-state index contributed by atoms with van der Waals surface area (Å²) in [5, 5.41) is 3.55. The molecule has 1 heterocycles. The van der Waals surface area contributed by atoms with Crippen molar-refractivity contribution in [1.82, 2.24) is 5.32 Å². The van der Waals surface area contributed by atoms with Crippen LogP contribution < -0.4 is 5.32 Å². The number of esters is 1. The molecule has 0 aliphatic heterocycles.